The summed E-state index contributed by atoms with van der Waals surface area (Å²) < 4.78 is 1.41. The summed E-state index contributed by atoms with van der Waals surface area (Å²) in [6.07, 6.45) is 0. The first-order chi connectivity index (χ1) is 8.83. The highest BCUT2D eigenvalue weighted by molar-refractivity contribution is 7.20. The Morgan fingerprint density at radius 1 is 0.722 bits per heavy atom. The molecular formula is C17H12S. The van der Waals surface area contributed by atoms with E-state index < -0.39 is 0 Å². The van der Waals surface area contributed by atoms with Gasteiger partial charge in [-0.3, -0.25) is 0 Å². The Labute approximate surface area is 109 Å². The summed E-state index contributed by atoms with van der Waals surface area (Å²) in [5.74, 6) is 0. The summed E-state index contributed by atoms with van der Waals surface area (Å²) in [5.41, 5.74) is 0. The number of aryl methyl sites for hydroxylation is 1. The number of fused-ring (bicyclic) bond motifs is 5. The van der Waals surface area contributed by atoms with Crippen LogP contribution < -0.4 is 0 Å². The molecule has 1 heteroatoms. The largest absolute Gasteiger partial charge is 0.140 e. The third-order valence-corrected chi connectivity index (χ3v) is 4.63. The van der Waals surface area contributed by atoms with Crippen molar-refractivity contribution in [3.63, 3.8) is 0 Å². The second-order valence-electron chi connectivity index (χ2n) is 4.72. The van der Waals surface area contributed by atoms with Crippen LogP contribution in [0.3, 0.4) is 0 Å². The van der Waals surface area contributed by atoms with Crippen molar-refractivity contribution >= 4 is 43.0 Å². The molecule has 0 N–H and O–H groups in total. The van der Waals surface area contributed by atoms with Crippen LogP contribution in [-0.4, -0.2) is 0 Å². The first kappa shape index (κ1) is 10.1. The molecule has 0 aliphatic rings. The van der Waals surface area contributed by atoms with E-state index in [1.54, 1.807) is 0 Å². The SMILES string of the molecule is Cc1cc2ccc3c4ccccc4ccc3c2s1. The number of thiophene rings is 1. The third kappa shape index (κ3) is 1.31. The van der Waals surface area contributed by atoms with E-state index in [1.807, 2.05) is 11.3 Å². The number of benzene rings is 3. The molecule has 0 nitrogen and oxygen atoms in total. The summed E-state index contributed by atoms with van der Waals surface area (Å²) in [6, 6.07) is 19.9. The second kappa shape index (κ2) is 3.56. The molecule has 0 spiro atoms. The Balaban J connectivity index is 2.30. The van der Waals surface area contributed by atoms with Gasteiger partial charge in [-0.05, 0) is 34.5 Å². The lowest BCUT2D eigenvalue weighted by molar-refractivity contribution is 1.66. The molecule has 3 aromatic carbocycles. The molecule has 86 valence electrons. The average molecular weight is 248 g/mol. The quantitative estimate of drug-likeness (QED) is 0.360. The van der Waals surface area contributed by atoms with Gasteiger partial charge < -0.3 is 0 Å². The molecule has 0 unspecified atom stereocenters. The summed E-state index contributed by atoms with van der Waals surface area (Å²) in [7, 11) is 0. The summed E-state index contributed by atoms with van der Waals surface area (Å²) in [4.78, 5) is 1.38. The van der Waals surface area contributed by atoms with E-state index in [2.05, 4.69) is 61.5 Å². The minimum absolute atomic E-state index is 1.32. The van der Waals surface area contributed by atoms with E-state index in [9.17, 15) is 0 Å². The monoisotopic (exact) mass is 248 g/mol. The number of rotatable bonds is 0. The second-order valence-corrected chi connectivity index (χ2v) is 5.98. The summed E-state index contributed by atoms with van der Waals surface area (Å²) in [5, 5.41) is 6.77. The zero-order valence-electron chi connectivity index (χ0n) is 10.1. The Kier molecular flexibility index (Phi) is 2.00. The van der Waals surface area contributed by atoms with Gasteiger partial charge in [-0.2, -0.15) is 0 Å². The van der Waals surface area contributed by atoms with E-state index in [4.69, 9.17) is 0 Å². The van der Waals surface area contributed by atoms with Crippen molar-refractivity contribution in [3.05, 3.63) is 59.5 Å². The van der Waals surface area contributed by atoms with Crippen molar-refractivity contribution in [1.82, 2.24) is 0 Å². The zero-order chi connectivity index (χ0) is 12.1. The maximum Gasteiger partial charge on any atom is 0.0424 e. The highest BCUT2D eigenvalue weighted by Crippen LogP contribution is 2.35. The fourth-order valence-electron chi connectivity index (χ4n) is 2.71. The molecular weight excluding hydrogens is 236 g/mol. The molecule has 0 saturated carbocycles. The molecule has 0 bridgehead atoms. The van der Waals surface area contributed by atoms with Crippen molar-refractivity contribution < 1.29 is 0 Å². The van der Waals surface area contributed by atoms with Crippen LogP contribution in [0.15, 0.2) is 54.6 Å². The molecule has 4 rings (SSSR count). The first-order valence-corrected chi connectivity index (χ1v) is 6.95. The van der Waals surface area contributed by atoms with Crippen molar-refractivity contribution in [2.45, 2.75) is 6.92 Å². The third-order valence-electron chi connectivity index (χ3n) is 3.53. The molecule has 0 radical (unpaired) electrons. The predicted octanol–water partition coefficient (Wildman–Crippen LogP) is 5.52. The molecule has 0 atom stereocenters. The minimum atomic E-state index is 1.32. The van der Waals surface area contributed by atoms with Crippen molar-refractivity contribution in [2.24, 2.45) is 0 Å². The molecule has 1 heterocycles. The Bertz CT molecular complexity index is 884. The van der Waals surface area contributed by atoms with Crippen LogP contribution in [0.4, 0.5) is 0 Å². The van der Waals surface area contributed by atoms with Crippen LogP contribution in [0, 0.1) is 6.92 Å². The first-order valence-electron chi connectivity index (χ1n) is 6.13. The van der Waals surface area contributed by atoms with Crippen molar-refractivity contribution in [3.8, 4) is 0 Å². The van der Waals surface area contributed by atoms with Gasteiger partial charge in [0, 0.05) is 15.0 Å². The Hall–Kier alpha value is -1.86. The maximum atomic E-state index is 2.27. The summed E-state index contributed by atoms with van der Waals surface area (Å²) in [6.45, 7) is 2.18. The van der Waals surface area contributed by atoms with Crippen LogP contribution in [0.1, 0.15) is 4.88 Å². The van der Waals surface area contributed by atoms with E-state index in [1.165, 1.54) is 36.5 Å². The van der Waals surface area contributed by atoms with Crippen molar-refractivity contribution in [2.75, 3.05) is 0 Å². The molecule has 0 saturated heterocycles. The lowest BCUT2D eigenvalue weighted by atomic mass is 10.0. The van der Waals surface area contributed by atoms with Crippen LogP contribution in [-0.2, 0) is 0 Å². The standard InChI is InChI=1S/C17H12S/c1-11-10-13-7-8-15-14-5-3-2-4-12(14)6-9-16(15)17(13)18-11/h2-10H,1H3. The molecule has 18 heavy (non-hydrogen) atoms. The van der Waals surface area contributed by atoms with Gasteiger partial charge in [-0.1, -0.05) is 48.5 Å². The molecule has 1 aromatic heterocycles. The number of hydrogen-bond donors (Lipinski definition) is 0. The highest BCUT2D eigenvalue weighted by atomic mass is 32.1. The van der Waals surface area contributed by atoms with Crippen LogP contribution in [0.5, 0.6) is 0 Å². The van der Waals surface area contributed by atoms with Gasteiger partial charge in [0.15, 0.2) is 0 Å². The van der Waals surface area contributed by atoms with Crippen LogP contribution in [0.2, 0.25) is 0 Å². The number of hydrogen-bond acceptors (Lipinski definition) is 1. The molecule has 0 fully saturated rings. The fraction of sp³-hybridized carbons (Fsp3) is 0.0588. The van der Waals surface area contributed by atoms with Gasteiger partial charge in [0.2, 0.25) is 0 Å². The lowest BCUT2D eigenvalue weighted by Gasteiger charge is -2.04. The topological polar surface area (TPSA) is 0 Å². The Morgan fingerprint density at radius 3 is 2.44 bits per heavy atom. The smallest absolute Gasteiger partial charge is 0.0424 e. The lowest BCUT2D eigenvalue weighted by Crippen LogP contribution is -1.77. The highest BCUT2D eigenvalue weighted by Gasteiger charge is 2.06. The van der Waals surface area contributed by atoms with Gasteiger partial charge in [-0.15, -0.1) is 11.3 Å². The Morgan fingerprint density at radius 2 is 1.50 bits per heavy atom. The van der Waals surface area contributed by atoms with Gasteiger partial charge in [0.25, 0.3) is 0 Å². The molecule has 0 aliphatic heterocycles. The zero-order valence-corrected chi connectivity index (χ0v) is 10.9. The van der Waals surface area contributed by atoms with Crippen LogP contribution in [0.25, 0.3) is 31.6 Å². The molecule has 0 amide bonds. The van der Waals surface area contributed by atoms with Crippen molar-refractivity contribution in [1.29, 1.82) is 0 Å². The van der Waals surface area contributed by atoms with Crippen LogP contribution >= 0.6 is 11.3 Å². The summed E-state index contributed by atoms with van der Waals surface area (Å²) >= 11 is 1.89. The molecule has 4 aromatic rings. The van der Waals surface area contributed by atoms with Gasteiger partial charge >= 0.3 is 0 Å². The maximum absolute atomic E-state index is 2.27. The van der Waals surface area contributed by atoms with Gasteiger partial charge in [0.05, 0.1) is 0 Å². The average Bonchev–Trinajstić information content (AvgIpc) is 2.79. The van der Waals surface area contributed by atoms with E-state index >= 15 is 0 Å². The van der Waals surface area contributed by atoms with E-state index in [-0.39, 0.29) is 0 Å². The van der Waals surface area contributed by atoms with E-state index in [0.717, 1.165) is 0 Å². The minimum Gasteiger partial charge on any atom is -0.140 e. The molecule has 0 aliphatic carbocycles. The normalized spacial score (nSPS) is 11.6. The van der Waals surface area contributed by atoms with Gasteiger partial charge in [-0.25, -0.2) is 0 Å². The predicted molar refractivity (Wildman–Crippen MR) is 81.6 cm³/mol. The fourth-order valence-corrected chi connectivity index (χ4v) is 3.76. The van der Waals surface area contributed by atoms with E-state index in [0.29, 0.717) is 0 Å². The van der Waals surface area contributed by atoms with Gasteiger partial charge in [0.1, 0.15) is 0 Å².